The van der Waals surface area contributed by atoms with Gasteiger partial charge in [0.05, 0.1) is 31.8 Å². The minimum atomic E-state index is -1.35. The third kappa shape index (κ3) is 8.84. The Morgan fingerprint density at radius 3 is 1.34 bits per heavy atom. The summed E-state index contributed by atoms with van der Waals surface area (Å²) in [7, 11) is 0. The Morgan fingerprint density at radius 2 is 1.14 bits per heavy atom. The van der Waals surface area contributed by atoms with Gasteiger partial charge < -0.3 is 35.0 Å². The molecule has 0 bridgehead atoms. The smallest absolute Gasteiger partial charge is 0.314 e. The van der Waals surface area contributed by atoms with E-state index in [2.05, 4.69) is 13.2 Å². The molecule has 2 aromatic rings. The number of aliphatic carboxylic acids is 1. The molecule has 2 aromatic carbocycles. The summed E-state index contributed by atoms with van der Waals surface area (Å²) in [6, 6.07) is 14.9. The molecule has 0 atom stereocenters. The second-order valence-electron chi connectivity index (χ2n) is 8.20. The molecule has 0 spiro atoms. The van der Waals surface area contributed by atoms with E-state index in [1.807, 2.05) is 48.5 Å². The molecule has 0 aromatic heterocycles. The molecule has 0 unspecified atom stereocenters. The van der Waals surface area contributed by atoms with Crippen LogP contribution in [0.5, 0.6) is 11.5 Å². The summed E-state index contributed by atoms with van der Waals surface area (Å²) in [6.45, 7) is 7.76. The van der Waals surface area contributed by atoms with Crippen molar-refractivity contribution in [3.05, 3.63) is 72.8 Å². The van der Waals surface area contributed by atoms with Crippen LogP contribution in [0.25, 0.3) is 12.2 Å². The van der Waals surface area contributed by atoms with Crippen LogP contribution in [-0.4, -0.2) is 71.1 Å². The van der Waals surface area contributed by atoms with E-state index in [-0.39, 0.29) is 32.8 Å². The van der Waals surface area contributed by atoms with Gasteiger partial charge in [0, 0.05) is 0 Å². The first kappa shape index (κ1) is 29.9. The zero-order valence-corrected chi connectivity index (χ0v) is 20.1. The molecule has 8 heteroatoms. The van der Waals surface area contributed by atoms with Crippen LogP contribution in [0, 0.1) is 10.8 Å². The molecule has 0 aliphatic rings. The lowest BCUT2D eigenvalue weighted by molar-refractivity contribution is -0.154. The third-order valence-electron chi connectivity index (χ3n) is 5.73. The molecule has 0 heterocycles. The second kappa shape index (κ2) is 15.0. The lowest BCUT2D eigenvalue weighted by Gasteiger charge is -2.29. The van der Waals surface area contributed by atoms with E-state index in [9.17, 15) is 15.0 Å². The number of aliphatic hydroxyl groups is 4. The van der Waals surface area contributed by atoms with Crippen LogP contribution in [-0.2, 0) is 4.79 Å². The summed E-state index contributed by atoms with van der Waals surface area (Å²) in [5.74, 6) is 0.166. The van der Waals surface area contributed by atoms with Gasteiger partial charge >= 0.3 is 5.97 Å². The zero-order chi connectivity index (χ0) is 26.3. The summed E-state index contributed by atoms with van der Waals surface area (Å²) >= 11 is 0. The first-order chi connectivity index (χ1) is 16.8. The Hall–Kier alpha value is -3.17. The number of hydrogen-bond acceptors (Lipinski definition) is 7. The Bertz CT molecular complexity index is 832. The highest BCUT2D eigenvalue weighted by atomic mass is 16.5. The van der Waals surface area contributed by atoms with Gasteiger partial charge in [0.15, 0.2) is 0 Å². The first-order valence-corrected chi connectivity index (χ1v) is 11.1. The minimum absolute atomic E-state index is 0.137. The molecule has 0 saturated carbocycles. The van der Waals surface area contributed by atoms with Gasteiger partial charge in [-0.05, 0) is 41.8 Å². The number of carbonyl (C=O) groups is 1. The van der Waals surface area contributed by atoms with Crippen molar-refractivity contribution in [2.45, 2.75) is 13.3 Å². The van der Waals surface area contributed by atoms with Crippen molar-refractivity contribution in [1.29, 1.82) is 0 Å². The molecular formula is C27H36O8. The molecule has 0 radical (unpaired) electrons. The largest absolute Gasteiger partial charge is 0.493 e. The van der Waals surface area contributed by atoms with E-state index < -0.39 is 30.0 Å². The van der Waals surface area contributed by atoms with Gasteiger partial charge in [-0.15, -0.1) is 0 Å². The molecule has 0 aliphatic carbocycles. The van der Waals surface area contributed by atoms with Crippen LogP contribution < -0.4 is 9.47 Å². The van der Waals surface area contributed by atoms with Crippen LogP contribution in [0.3, 0.4) is 0 Å². The summed E-state index contributed by atoms with van der Waals surface area (Å²) in [6.07, 6.45) is 3.73. The van der Waals surface area contributed by atoms with E-state index in [0.717, 1.165) is 11.1 Å². The second-order valence-corrected chi connectivity index (χ2v) is 8.20. The predicted molar refractivity (Wildman–Crippen MR) is 135 cm³/mol. The fourth-order valence-electron chi connectivity index (χ4n) is 2.71. The highest BCUT2D eigenvalue weighted by molar-refractivity contribution is 5.74. The van der Waals surface area contributed by atoms with Gasteiger partial charge in [0.25, 0.3) is 0 Å². The van der Waals surface area contributed by atoms with Crippen molar-refractivity contribution in [3.8, 4) is 11.5 Å². The fourth-order valence-corrected chi connectivity index (χ4v) is 2.71. The molecule has 0 fully saturated rings. The van der Waals surface area contributed by atoms with Crippen LogP contribution in [0.2, 0.25) is 0 Å². The number of carboxylic acids is 1. The van der Waals surface area contributed by atoms with Crippen molar-refractivity contribution in [2.24, 2.45) is 10.8 Å². The lowest BCUT2D eigenvalue weighted by Crippen LogP contribution is -2.41. The molecule has 2 rings (SSSR count). The summed E-state index contributed by atoms with van der Waals surface area (Å²) in [5, 5.41) is 45.2. The highest BCUT2D eigenvalue weighted by Gasteiger charge is 2.35. The van der Waals surface area contributed by atoms with E-state index in [1.165, 1.54) is 0 Å². The van der Waals surface area contributed by atoms with Gasteiger partial charge in [-0.3, -0.25) is 4.79 Å². The number of carboxylic acid groups (broad SMARTS) is 1. The molecule has 8 nitrogen and oxygen atoms in total. The van der Waals surface area contributed by atoms with Crippen molar-refractivity contribution in [2.75, 3.05) is 39.6 Å². The van der Waals surface area contributed by atoms with Crippen molar-refractivity contribution < 1.29 is 39.8 Å². The van der Waals surface area contributed by atoms with Gasteiger partial charge in [0.2, 0.25) is 0 Å². The third-order valence-corrected chi connectivity index (χ3v) is 5.73. The molecule has 5 N–H and O–H groups in total. The van der Waals surface area contributed by atoms with Crippen LogP contribution in [0.15, 0.2) is 61.7 Å². The number of aliphatic hydroxyl groups excluding tert-OH is 4. The van der Waals surface area contributed by atoms with Crippen molar-refractivity contribution >= 4 is 18.1 Å². The summed E-state index contributed by atoms with van der Waals surface area (Å²) < 4.78 is 11.5. The molecule has 192 valence electrons. The van der Waals surface area contributed by atoms with Crippen molar-refractivity contribution in [1.82, 2.24) is 0 Å². The van der Waals surface area contributed by atoms with Gasteiger partial charge in [-0.2, -0.15) is 0 Å². The first-order valence-electron chi connectivity index (χ1n) is 11.1. The zero-order valence-electron chi connectivity index (χ0n) is 20.1. The molecule has 0 aliphatic heterocycles. The maximum Gasteiger partial charge on any atom is 0.314 e. The van der Waals surface area contributed by atoms with E-state index >= 15 is 0 Å². The fraction of sp³-hybridized carbons (Fsp3) is 0.370. The summed E-state index contributed by atoms with van der Waals surface area (Å²) in [4.78, 5) is 10.4. The number of benzene rings is 2. The molecular weight excluding hydrogens is 452 g/mol. The van der Waals surface area contributed by atoms with Gasteiger partial charge in [-0.25, -0.2) is 0 Å². The van der Waals surface area contributed by atoms with E-state index in [0.29, 0.717) is 11.5 Å². The number of hydrogen-bond donors (Lipinski definition) is 5. The summed E-state index contributed by atoms with van der Waals surface area (Å²) in [5.41, 5.74) is -0.253. The maximum atomic E-state index is 10.4. The average molecular weight is 489 g/mol. The maximum absolute atomic E-state index is 10.4. The van der Waals surface area contributed by atoms with Gasteiger partial charge in [0.1, 0.15) is 30.1 Å². The Kier molecular flexibility index (Phi) is 12.8. The quantitative estimate of drug-likeness (QED) is 0.274. The van der Waals surface area contributed by atoms with Crippen LogP contribution in [0.4, 0.5) is 0 Å². The predicted octanol–water partition coefficient (Wildman–Crippen LogP) is 2.85. The monoisotopic (exact) mass is 488 g/mol. The standard InChI is InChI=1S/C21H24O4.C6H12O4/c1-3-17-5-9-19(10-6-17)24-15-21(13-22,14-23)16-25-20-11-7-18(4-2)8-12-20;1-2-6(3-7,4-8)5(9)10/h3-12,22-23H,1-2,13-16H2;7-8H,2-4H2,1H3,(H,9,10). The van der Waals surface area contributed by atoms with E-state index in [4.69, 9.17) is 24.8 Å². The number of ether oxygens (including phenoxy) is 2. The van der Waals surface area contributed by atoms with Crippen LogP contribution >= 0.6 is 0 Å². The Labute approximate surface area is 206 Å². The molecule has 0 saturated heterocycles. The Balaban J connectivity index is 0.000000518. The molecule has 35 heavy (non-hydrogen) atoms. The van der Waals surface area contributed by atoms with Crippen molar-refractivity contribution in [3.63, 3.8) is 0 Å². The SMILES string of the molecule is C=Cc1ccc(OCC(CO)(CO)COc2ccc(C=C)cc2)cc1.CCC(CO)(CO)C(=O)O. The average Bonchev–Trinajstić information content (AvgIpc) is 2.91. The number of rotatable bonds is 14. The van der Waals surface area contributed by atoms with E-state index in [1.54, 1.807) is 19.1 Å². The highest BCUT2D eigenvalue weighted by Crippen LogP contribution is 2.23. The molecule has 0 amide bonds. The lowest BCUT2D eigenvalue weighted by atomic mass is 9.87. The minimum Gasteiger partial charge on any atom is -0.493 e. The van der Waals surface area contributed by atoms with Crippen LogP contribution in [0.1, 0.15) is 24.5 Å². The topological polar surface area (TPSA) is 137 Å². The Morgan fingerprint density at radius 1 is 0.771 bits per heavy atom. The normalized spacial score (nSPS) is 11.1. The van der Waals surface area contributed by atoms with Gasteiger partial charge in [-0.1, -0.05) is 56.5 Å².